The van der Waals surface area contributed by atoms with Crippen LogP contribution in [-0.4, -0.2) is 20.9 Å². The lowest BCUT2D eigenvalue weighted by Gasteiger charge is -2.01. The first kappa shape index (κ1) is 10.9. The molecule has 2 aromatic carbocycles. The van der Waals surface area contributed by atoms with Crippen molar-refractivity contribution >= 4 is 28.5 Å². The van der Waals surface area contributed by atoms with Crippen molar-refractivity contribution in [3.63, 3.8) is 0 Å². The van der Waals surface area contributed by atoms with E-state index in [9.17, 15) is 4.79 Å². The van der Waals surface area contributed by atoms with Crippen molar-refractivity contribution in [3.8, 4) is 0 Å². The van der Waals surface area contributed by atoms with E-state index in [1.165, 1.54) is 4.68 Å². The van der Waals surface area contributed by atoms with Gasteiger partial charge in [-0.2, -0.15) is 4.68 Å². The molecule has 0 amide bonds. The largest absolute Gasteiger partial charge is 0.280 e. The molecule has 18 heavy (non-hydrogen) atoms. The zero-order valence-corrected chi connectivity index (χ0v) is 10.0. The number of fused-ring (bicyclic) bond motifs is 1. The fourth-order valence-electron chi connectivity index (χ4n) is 1.76. The topological polar surface area (TPSA) is 47.8 Å². The third kappa shape index (κ3) is 1.76. The molecule has 5 heteroatoms. The molecule has 3 rings (SSSR count). The van der Waals surface area contributed by atoms with Gasteiger partial charge in [-0.05, 0) is 30.3 Å². The summed E-state index contributed by atoms with van der Waals surface area (Å²) >= 11 is 5.87. The highest BCUT2D eigenvalue weighted by molar-refractivity contribution is 6.31. The van der Waals surface area contributed by atoms with Crippen molar-refractivity contribution in [2.24, 2.45) is 0 Å². The van der Waals surface area contributed by atoms with Crippen LogP contribution in [0.3, 0.4) is 0 Å². The minimum absolute atomic E-state index is 0.244. The minimum Gasteiger partial charge on any atom is -0.267 e. The first-order chi connectivity index (χ1) is 8.75. The summed E-state index contributed by atoms with van der Waals surface area (Å²) in [5.41, 5.74) is 1.86. The Balaban J connectivity index is 2.12. The monoisotopic (exact) mass is 257 g/mol. The van der Waals surface area contributed by atoms with Gasteiger partial charge in [0.25, 0.3) is 5.91 Å². The fourth-order valence-corrected chi connectivity index (χ4v) is 1.95. The van der Waals surface area contributed by atoms with Gasteiger partial charge in [-0.1, -0.05) is 35.0 Å². The van der Waals surface area contributed by atoms with E-state index < -0.39 is 0 Å². The van der Waals surface area contributed by atoms with Crippen LogP contribution in [0.1, 0.15) is 10.4 Å². The van der Waals surface area contributed by atoms with E-state index in [-0.39, 0.29) is 5.91 Å². The van der Waals surface area contributed by atoms with Gasteiger partial charge >= 0.3 is 0 Å². The smallest absolute Gasteiger partial charge is 0.267 e. The summed E-state index contributed by atoms with van der Waals surface area (Å²) < 4.78 is 1.28. The van der Waals surface area contributed by atoms with E-state index in [1.807, 2.05) is 18.2 Å². The van der Waals surface area contributed by atoms with E-state index in [4.69, 9.17) is 11.6 Å². The molecule has 0 unspecified atom stereocenters. The van der Waals surface area contributed by atoms with Crippen molar-refractivity contribution in [1.29, 1.82) is 0 Å². The van der Waals surface area contributed by atoms with Gasteiger partial charge in [-0.15, -0.1) is 5.10 Å². The standard InChI is InChI=1S/C13H8ClN3O/c14-10-5-3-4-9(8-10)13(18)17-12-7-2-1-6-11(12)15-16-17/h1-8H. The van der Waals surface area contributed by atoms with Gasteiger partial charge in [0, 0.05) is 10.6 Å². The summed E-state index contributed by atoms with van der Waals surface area (Å²) in [5, 5.41) is 8.34. The van der Waals surface area contributed by atoms with Crippen molar-refractivity contribution in [2.75, 3.05) is 0 Å². The maximum atomic E-state index is 12.3. The predicted molar refractivity (Wildman–Crippen MR) is 68.7 cm³/mol. The van der Waals surface area contributed by atoms with Crippen LogP contribution in [0, 0.1) is 0 Å². The van der Waals surface area contributed by atoms with Gasteiger partial charge in [0.05, 0.1) is 5.52 Å². The second-order valence-electron chi connectivity index (χ2n) is 3.81. The second-order valence-corrected chi connectivity index (χ2v) is 4.24. The molecule has 0 N–H and O–H groups in total. The Bertz CT molecular complexity index is 736. The molecule has 0 spiro atoms. The van der Waals surface area contributed by atoms with Crippen LogP contribution in [0.25, 0.3) is 11.0 Å². The fraction of sp³-hybridized carbons (Fsp3) is 0. The number of halogens is 1. The Morgan fingerprint density at radius 2 is 1.94 bits per heavy atom. The van der Waals surface area contributed by atoms with Crippen LogP contribution in [0.15, 0.2) is 48.5 Å². The lowest BCUT2D eigenvalue weighted by molar-refractivity contribution is 0.0948. The van der Waals surface area contributed by atoms with E-state index in [0.29, 0.717) is 21.6 Å². The number of benzene rings is 2. The van der Waals surface area contributed by atoms with Crippen LogP contribution in [0.5, 0.6) is 0 Å². The Morgan fingerprint density at radius 3 is 2.78 bits per heavy atom. The van der Waals surface area contributed by atoms with Crippen LogP contribution in [0.4, 0.5) is 0 Å². The van der Waals surface area contributed by atoms with Gasteiger partial charge in [0.15, 0.2) is 0 Å². The van der Waals surface area contributed by atoms with E-state index >= 15 is 0 Å². The number of carbonyl (C=O) groups is 1. The number of carbonyl (C=O) groups excluding carboxylic acids is 1. The van der Waals surface area contributed by atoms with E-state index in [0.717, 1.165) is 0 Å². The van der Waals surface area contributed by atoms with Gasteiger partial charge < -0.3 is 0 Å². The molecule has 0 saturated heterocycles. The van der Waals surface area contributed by atoms with Crippen LogP contribution in [-0.2, 0) is 0 Å². The number of nitrogens with zero attached hydrogens (tertiary/aromatic N) is 3. The van der Waals surface area contributed by atoms with Crippen molar-refractivity contribution < 1.29 is 4.79 Å². The molecular formula is C13H8ClN3O. The first-order valence-electron chi connectivity index (χ1n) is 5.36. The molecule has 4 nitrogen and oxygen atoms in total. The molecule has 0 aliphatic rings. The average molecular weight is 258 g/mol. The normalized spacial score (nSPS) is 10.7. The number of rotatable bonds is 1. The highest BCUT2D eigenvalue weighted by Gasteiger charge is 2.13. The van der Waals surface area contributed by atoms with Crippen LogP contribution >= 0.6 is 11.6 Å². The quantitative estimate of drug-likeness (QED) is 0.673. The lowest BCUT2D eigenvalue weighted by Crippen LogP contribution is -2.13. The highest BCUT2D eigenvalue weighted by Crippen LogP contribution is 2.15. The molecule has 0 fully saturated rings. The second kappa shape index (κ2) is 4.23. The molecule has 0 radical (unpaired) electrons. The van der Waals surface area contributed by atoms with E-state index in [1.54, 1.807) is 30.3 Å². The summed E-state index contributed by atoms with van der Waals surface area (Å²) in [4.78, 5) is 12.3. The molecule has 0 aliphatic carbocycles. The molecule has 0 saturated carbocycles. The molecule has 1 heterocycles. The average Bonchev–Trinajstić information content (AvgIpc) is 2.82. The minimum atomic E-state index is -0.244. The first-order valence-corrected chi connectivity index (χ1v) is 5.74. The van der Waals surface area contributed by atoms with Crippen molar-refractivity contribution in [3.05, 3.63) is 59.1 Å². The summed E-state index contributed by atoms with van der Waals surface area (Å²) in [6.45, 7) is 0. The SMILES string of the molecule is O=C(c1cccc(Cl)c1)n1nnc2ccccc21. The van der Waals surface area contributed by atoms with Crippen LogP contribution < -0.4 is 0 Å². The summed E-state index contributed by atoms with van der Waals surface area (Å²) in [5.74, 6) is -0.244. The van der Waals surface area contributed by atoms with Gasteiger partial charge in [-0.3, -0.25) is 4.79 Å². The number of para-hydroxylation sites is 1. The van der Waals surface area contributed by atoms with Crippen LogP contribution in [0.2, 0.25) is 5.02 Å². The number of aromatic nitrogens is 3. The van der Waals surface area contributed by atoms with Crippen molar-refractivity contribution in [1.82, 2.24) is 15.0 Å². The summed E-state index contributed by atoms with van der Waals surface area (Å²) in [6, 6.07) is 14.1. The predicted octanol–water partition coefficient (Wildman–Crippen LogP) is 2.77. The molecule has 0 atom stereocenters. The Morgan fingerprint density at radius 1 is 1.11 bits per heavy atom. The maximum absolute atomic E-state index is 12.3. The molecular weight excluding hydrogens is 250 g/mol. The Kier molecular flexibility index (Phi) is 2.57. The summed E-state index contributed by atoms with van der Waals surface area (Å²) in [6.07, 6.45) is 0. The molecule has 0 aliphatic heterocycles. The summed E-state index contributed by atoms with van der Waals surface area (Å²) in [7, 11) is 0. The maximum Gasteiger partial charge on any atom is 0.280 e. The van der Waals surface area contributed by atoms with E-state index in [2.05, 4.69) is 10.3 Å². The van der Waals surface area contributed by atoms with Gasteiger partial charge in [0.1, 0.15) is 5.52 Å². The third-order valence-electron chi connectivity index (χ3n) is 2.62. The molecule has 1 aromatic heterocycles. The molecule has 0 bridgehead atoms. The third-order valence-corrected chi connectivity index (χ3v) is 2.85. The number of hydrogen-bond donors (Lipinski definition) is 0. The van der Waals surface area contributed by atoms with Gasteiger partial charge in [-0.25, -0.2) is 0 Å². The molecule has 88 valence electrons. The Hall–Kier alpha value is -2.20. The zero-order chi connectivity index (χ0) is 12.5. The lowest BCUT2D eigenvalue weighted by atomic mass is 10.2. The number of hydrogen-bond acceptors (Lipinski definition) is 3. The van der Waals surface area contributed by atoms with Gasteiger partial charge in [0.2, 0.25) is 0 Å². The van der Waals surface area contributed by atoms with Crippen molar-refractivity contribution in [2.45, 2.75) is 0 Å². The highest BCUT2D eigenvalue weighted by atomic mass is 35.5. The molecule has 3 aromatic rings. The zero-order valence-electron chi connectivity index (χ0n) is 9.25. The Labute approximate surface area is 108 Å².